The Labute approximate surface area is 208 Å². The van der Waals surface area contributed by atoms with Gasteiger partial charge >= 0.3 is 11.4 Å². The average Bonchev–Trinajstić information content (AvgIpc) is 2.84. The zero-order valence-corrected chi connectivity index (χ0v) is 20.0. The Morgan fingerprint density at radius 3 is 2.42 bits per heavy atom. The minimum Gasteiger partial charge on any atom is -0.488 e. The van der Waals surface area contributed by atoms with E-state index in [0.29, 0.717) is 19.8 Å². The summed E-state index contributed by atoms with van der Waals surface area (Å²) in [5.74, 6) is 9.88. The summed E-state index contributed by atoms with van der Waals surface area (Å²) in [7, 11) is 0. The van der Waals surface area contributed by atoms with E-state index in [1.165, 1.54) is 12.1 Å². The second kappa shape index (κ2) is 11.3. The summed E-state index contributed by atoms with van der Waals surface area (Å²) in [6.07, 6.45) is -0.253. The van der Waals surface area contributed by atoms with Crippen LogP contribution >= 0.6 is 11.6 Å². The van der Waals surface area contributed by atoms with Crippen LogP contribution in [-0.4, -0.2) is 31.0 Å². The van der Waals surface area contributed by atoms with Crippen molar-refractivity contribution < 1.29 is 14.3 Å². The van der Waals surface area contributed by atoms with Crippen LogP contribution in [0.5, 0.6) is 5.75 Å². The molecule has 13 nitrogen and oxygen atoms in total. The van der Waals surface area contributed by atoms with Crippen molar-refractivity contribution >= 4 is 23.1 Å². The van der Waals surface area contributed by atoms with Crippen LogP contribution < -0.4 is 33.4 Å². The number of nitrogen functional groups attached to an aromatic ring is 1. The van der Waals surface area contributed by atoms with Crippen molar-refractivity contribution in [3.8, 4) is 5.75 Å². The van der Waals surface area contributed by atoms with E-state index in [2.05, 4.69) is 20.5 Å². The van der Waals surface area contributed by atoms with E-state index in [0.717, 1.165) is 10.6 Å². The molecule has 15 heteroatoms. The molecule has 0 atom stereocenters. The summed E-state index contributed by atoms with van der Waals surface area (Å²) in [6.45, 7) is 2.82. The van der Waals surface area contributed by atoms with Gasteiger partial charge in [-0.25, -0.2) is 23.5 Å². The highest BCUT2D eigenvalue weighted by molar-refractivity contribution is 6.30. The number of hydrogen-bond donors (Lipinski definition) is 3. The van der Waals surface area contributed by atoms with E-state index in [1.54, 1.807) is 38.1 Å². The van der Waals surface area contributed by atoms with Crippen LogP contribution in [0.4, 0.5) is 10.1 Å². The number of halogens is 2. The summed E-state index contributed by atoms with van der Waals surface area (Å²) < 4.78 is 22.3. The zero-order chi connectivity index (χ0) is 26.4. The van der Waals surface area contributed by atoms with Gasteiger partial charge in [-0.3, -0.25) is 4.57 Å². The first-order valence-electron chi connectivity index (χ1n) is 10.4. The van der Waals surface area contributed by atoms with Gasteiger partial charge in [-0.05, 0) is 43.7 Å². The molecule has 2 aromatic carbocycles. The predicted octanol–water partition coefficient (Wildman–Crippen LogP) is 1.50. The first kappa shape index (κ1) is 26.2. The molecule has 0 saturated heterocycles. The fourth-order valence-electron chi connectivity index (χ4n) is 3.13. The van der Waals surface area contributed by atoms with Gasteiger partial charge in [-0.1, -0.05) is 34.1 Å². The van der Waals surface area contributed by atoms with E-state index < -0.39 is 29.6 Å². The van der Waals surface area contributed by atoms with E-state index >= 15 is 0 Å². The Hall–Kier alpha value is -4.46. The molecule has 36 heavy (non-hydrogen) atoms. The van der Waals surface area contributed by atoms with Crippen molar-refractivity contribution in [3.63, 3.8) is 0 Å². The number of oxime groups is 1. The second-order valence-corrected chi connectivity index (χ2v) is 8.10. The van der Waals surface area contributed by atoms with Crippen molar-refractivity contribution in [2.45, 2.75) is 33.0 Å². The van der Waals surface area contributed by atoms with Crippen LogP contribution in [-0.2, 0) is 13.1 Å². The van der Waals surface area contributed by atoms with E-state index in [9.17, 15) is 14.0 Å². The van der Waals surface area contributed by atoms with Gasteiger partial charge in [0.25, 0.3) is 0 Å². The molecule has 0 radical (unpaired) electrons. The highest BCUT2D eigenvalue weighted by Crippen LogP contribution is 2.23. The predicted molar refractivity (Wildman–Crippen MR) is 129 cm³/mol. The lowest BCUT2D eigenvalue weighted by atomic mass is 10.2. The number of ether oxygens (including phenoxy) is 1. The molecule has 190 valence electrons. The van der Waals surface area contributed by atoms with Gasteiger partial charge in [0, 0.05) is 11.1 Å². The second-order valence-electron chi connectivity index (χ2n) is 7.66. The molecule has 0 aliphatic carbocycles. The third-order valence-corrected chi connectivity index (χ3v) is 4.96. The molecule has 3 rings (SSSR count). The van der Waals surface area contributed by atoms with Crippen LogP contribution in [0.1, 0.15) is 19.4 Å². The van der Waals surface area contributed by atoms with Crippen LogP contribution in [0, 0.1) is 5.82 Å². The molecule has 0 unspecified atom stereocenters. The third-order valence-electron chi connectivity index (χ3n) is 4.70. The number of hydrogen-bond acceptors (Lipinski definition) is 8. The van der Waals surface area contributed by atoms with E-state index in [-0.39, 0.29) is 29.7 Å². The summed E-state index contributed by atoms with van der Waals surface area (Å²) >= 11 is 5.95. The Kier molecular flexibility index (Phi) is 8.22. The maximum atomic E-state index is 14.5. The van der Waals surface area contributed by atoms with Crippen LogP contribution in [0.15, 0.2) is 72.5 Å². The van der Waals surface area contributed by atoms with E-state index in [4.69, 9.17) is 33.2 Å². The molecular weight excluding hydrogens is 497 g/mol. The molecule has 0 aliphatic heterocycles. The van der Waals surface area contributed by atoms with E-state index in [1.807, 2.05) is 0 Å². The number of rotatable bonds is 7. The Morgan fingerprint density at radius 1 is 1.14 bits per heavy atom. The number of nitrogens with two attached hydrogens (primary N) is 2. The fraction of sp³-hybridized carbons (Fsp3) is 0.238. The molecule has 1 heterocycles. The summed E-state index contributed by atoms with van der Waals surface area (Å²) in [6, 6.07) is 10.5. The van der Waals surface area contributed by atoms with Crippen molar-refractivity contribution in [1.82, 2.24) is 13.8 Å². The average molecular weight is 520 g/mol. The number of nitrogens with zero attached hydrogens (tertiary/aromatic N) is 7. The van der Waals surface area contributed by atoms with Crippen molar-refractivity contribution in [1.29, 1.82) is 0 Å². The summed E-state index contributed by atoms with van der Waals surface area (Å²) in [5.41, 5.74) is -1.48. The Morgan fingerprint density at radius 2 is 1.83 bits per heavy atom. The van der Waals surface area contributed by atoms with Crippen molar-refractivity contribution in [2.75, 3.05) is 5.84 Å². The Bertz CT molecular complexity index is 1490. The van der Waals surface area contributed by atoms with Gasteiger partial charge in [0.1, 0.15) is 0 Å². The zero-order valence-electron chi connectivity index (χ0n) is 19.2. The number of aromatic nitrogens is 3. The lowest BCUT2D eigenvalue weighted by Crippen LogP contribution is -2.58. The maximum absolute atomic E-state index is 14.5. The topological polar surface area (TPSA) is 180 Å². The molecule has 0 spiro atoms. The fourth-order valence-corrected chi connectivity index (χ4v) is 3.26. The van der Waals surface area contributed by atoms with Gasteiger partial charge in [0.2, 0.25) is 11.5 Å². The molecule has 3 aromatic rings. The van der Waals surface area contributed by atoms with Gasteiger partial charge in [0.15, 0.2) is 11.6 Å². The molecule has 5 N–H and O–H groups in total. The first-order valence-corrected chi connectivity index (χ1v) is 10.8. The molecule has 0 fully saturated rings. The quantitative estimate of drug-likeness (QED) is 0.106. The number of amidine groups is 1. The normalized spacial score (nSPS) is 12.6. The van der Waals surface area contributed by atoms with Crippen LogP contribution in [0.2, 0.25) is 5.02 Å². The summed E-state index contributed by atoms with van der Waals surface area (Å²) in [5, 5.41) is 18.8. The highest BCUT2D eigenvalue weighted by Gasteiger charge is 2.16. The minimum atomic E-state index is -1.01. The highest BCUT2D eigenvalue weighted by atomic mass is 35.5. The molecule has 1 aromatic heterocycles. The first-order chi connectivity index (χ1) is 17.1. The van der Waals surface area contributed by atoms with Crippen LogP contribution in [0.25, 0.3) is 0 Å². The lowest BCUT2D eigenvalue weighted by Gasteiger charge is -2.14. The third kappa shape index (κ3) is 5.96. The maximum Gasteiger partial charge on any atom is 0.354 e. The SMILES string of the molecule is CC(C)Oc1ccc(/N=c2\n(N)c(=O)n(C/C(N=NN)=N/O)c(=O)n2Cc2ccc(Cl)cc2)cc1F. The Balaban J connectivity index is 2.25. The van der Waals surface area contributed by atoms with Crippen molar-refractivity contribution in [3.05, 3.63) is 85.5 Å². The molecule has 0 saturated carbocycles. The molecule has 0 bridgehead atoms. The van der Waals surface area contributed by atoms with Crippen LogP contribution in [0.3, 0.4) is 0 Å². The van der Waals surface area contributed by atoms with Gasteiger partial charge in [0.05, 0.1) is 24.9 Å². The molecule has 0 aliphatic rings. The van der Waals surface area contributed by atoms with Gasteiger partial charge < -0.3 is 21.6 Å². The van der Waals surface area contributed by atoms with Gasteiger partial charge in [-0.2, -0.15) is 4.68 Å². The minimum absolute atomic E-state index is 0.0171. The largest absolute Gasteiger partial charge is 0.488 e. The molecular formula is C21H23ClFN9O4. The lowest BCUT2D eigenvalue weighted by molar-refractivity contribution is 0.231. The smallest absolute Gasteiger partial charge is 0.354 e. The molecule has 0 amide bonds. The summed E-state index contributed by atoms with van der Waals surface area (Å²) in [4.78, 5) is 30.5. The number of benzene rings is 2. The standard InChI is InChI=1S/C21H23ClFN9O4/c1-12(2)36-17-8-7-15(9-16(17)23)26-19-30(10-13-3-5-14(22)6-4-13)20(33)31(21(34)32(19)25)11-18(28-35)27-29-24/h3-9,12,35H,10-11,25H2,1-2H3,(H2,24,27,28)/b26-19-. The van der Waals surface area contributed by atoms with Gasteiger partial charge in [-0.15, -0.1) is 5.11 Å². The monoisotopic (exact) mass is 519 g/mol. The van der Waals surface area contributed by atoms with Crippen molar-refractivity contribution in [2.24, 2.45) is 26.3 Å².